The zero-order valence-electron chi connectivity index (χ0n) is 19.8. The van der Waals surface area contributed by atoms with Crippen molar-refractivity contribution in [2.45, 2.75) is 45.7 Å². The van der Waals surface area contributed by atoms with Gasteiger partial charge >= 0.3 is 0 Å². The summed E-state index contributed by atoms with van der Waals surface area (Å²) in [6, 6.07) is 15.6. The first-order valence-electron chi connectivity index (χ1n) is 10.9. The summed E-state index contributed by atoms with van der Waals surface area (Å²) in [5.74, 6) is 2.05. The third-order valence-electron chi connectivity index (χ3n) is 5.50. The van der Waals surface area contributed by atoms with Gasteiger partial charge in [0.05, 0.1) is 33.5 Å². The van der Waals surface area contributed by atoms with Gasteiger partial charge in [0, 0.05) is 13.7 Å². The lowest BCUT2D eigenvalue weighted by Gasteiger charge is -2.30. The minimum absolute atomic E-state index is 0.114. The van der Waals surface area contributed by atoms with Crippen molar-refractivity contribution in [3.8, 4) is 11.5 Å². The largest absolute Gasteiger partial charge is 0.497 e. The molecule has 6 heteroatoms. The molecule has 0 radical (unpaired) electrons. The number of hydrogen-bond acceptors (Lipinski definition) is 6. The van der Waals surface area contributed by atoms with E-state index in [0.29, 0.717) is 25.7 Å². The summed E-state index contributed by atoms with van der Waals surface area (Å²) < 4.78 is 27.8. The predicted molar refractivity (Wildman–Crippen MR) is 124 cm³/mol. The van der Waals surface area contributed by atoms with Gasteiger partial charge < -0.3 is 28.5 Å². The van der Waals surface area contributed by atoms with Crippen LogP contribution in [0.2, 0.25) is 0 Å². The molecule has 0 fully saturated rings. The molecule has 176 valence electrons. The van der Waals surface area contributed by atoms with Crippen molar-refractivity contribution in [3.63, 3.8) is 0 Å². The molecule has 4 atom stereocenters. The molecule has 0 aliphatic heterocycles. The quantitative estimate of drug-likeness (QED) is 0.372. The zero-order chi connectivity index (χ0) is 23.3. The second kappa shape index (κ2) is 13.9. The lowest BCUT2D eigenvalue weighted by atomic mass is 9.90. The standard InChI is InChI=1S/C26H36O6/c1-19(16-31-17-21-6-10-23(28-3)11-7-21)14-20(2)26(25(15-27)30-5)32-18-22-8-12-24(29-4)13-9-22/h6-13,15,19-20,25-26H,14,16-18H2,1-5H3/t19-,20+,25+,26+/m0/s1. The van der Waals surface area contributed by atoms with Crippen LogP contribution in [0, 0.1) is 11.8 Å². The number of carbonyl (C=O) groups excluding carboxylic acids is 1. The Bertz CT molecular complexity index is 774. The average molecular weight is 445 g/mol. The van der Waals surface area contributed by atoms with E-state index < -0.39 is 6.10 Å². The number of benzene rings is 2. The van der Waals surface area contributed by atoms with Gasteiger partial charge in [-0.3, -0.25) is 0 Å². The number of methoxy groups -OCH3 is 3. The van der Waals surface area contributed by atoms with E-state index in [-0.39, 0.29) is 12.0 Å². The van der Waals surface area contributed by atoms with Gasteiger partial charge in [0.1, 0.15) is 17.6 Å². The second-order valence-corrected chi connectivity index (χ2v) is 8.14. The summed E-state index contributed by atoms with van der Waals surface area (Å²) in [4.78, 5) is 11.6. The number of ether oxygens (including phenoxy) is 5. The first-order valence-corrected chi connectivity index (χ1v) is 10.9. The molecule has 0 amide bonds. The highest BCUT2D eigenvalue weighted by molar-refractivity contribution is 5.57. The van der Waals surface area contributed by atoms with E-state index in [2.05, 4.69) is 13.8 Å². The SMILES string of the molecule is COc1ccc(COC[C@@H](C)C[C@@H](C)[C@@H](OCc2ccc(OC)cc2)[C@@H](C=O)OC)cc1. The topological polar surface area (TPSA) is 63.2 Å². The van der Waals surface area contributed by atoms with Crippen LogP contribution >= 0.6 is 0 Å². The van der Waals surface area contributed by atoms with E-state index in [0.717, 1.165) is 35.3 Å². The van der Waals surface area contributed by atoms with Crippen LogP contribution in [0.4, 0.5) is 0 Å². The summed E-state index contributed by atoms with van der Waals surface area (Å²) in [5.41, 5.74) is 2.12. The normalized spacial score (nSPS) is 14.9. The number of rotatable bonds is 15. The monoisotopic (exact) mass is 444 g/mol. The molecule has 0 N–H and O–H groups in total. The number of hydrogen-bond donors (Lipinski definition) is 0. The lowest BCUT2D eigenvalue weighted by molar-refractivity contribution is -0.133. The fourth-order valence-corrected chi connectivity index (χ4v) is 3.70. The lowest BCUT2D eigenvalue weighted by Crippen LogP contribution is -2.38. The third kappa shape index (κ3) is 8.26. The van der Waals surface area contributed by atoms with Gasteiger partial charge in [-0.1, -0.05) is 38.1 Å². The second-order valence-electron chi connectivity index (χ2n) is 8.14. The summed E-state index contributed by atoms with van der Waals surface area (Å²) in [6.07, 6.45) is 0.711. The smallest absolute Gasteiger partial charge is 0.151 e. The molecule has 0 saturated carbocycles. The Labute approximate surface area is 191 Å². The fraction of sp³-hybridized carbons (Fsp3) is 0.500. The molecule has 6 nitrogen and oxygen atoms in total. The van der Waals surface area contributed by atoms with Gasteiger partial charge in [0.15, 0.2) is 6.29 Å². The van der Waals surface area contributed by atoms with E-state index in [4.69, 9.17) is 23.7 Å². The summed E-state index contributed by atoms with van der Waals surface area (Å²) in [5, 5.41) is 0. The van der Waals surface area contributed by atoms with Crippen LogP contribution in [0.15, 0.2) is 48.5 Å². The molecule has 0 saturated heterocycles. The third-order valence-corrected chi connectivity index (χ3v) is 5.50. The highest BCUT2D eigenvalue weighted by Crippen LogP contribution is 2.23. The molecule has 0 aliphatic carbocycles. The molecule has 0 aromatic heterocycles. The molecule has 32 heavy (non-hydrogen) atoms. The van der Waals surface area contributed by atoms with Crippen molar-refractivity contribution in [2.24, 2.45) is 11.8 Å². The number of aldehydes is 1. The van der Waals surface area contributed by atoms with Crippen molar-refractivity contribution < 1.29 is 28.5 Å². The predicted octanol–water partition coefficient (Wildman–Crippen LogP) is 4.68. The first kappa shape index (κ1) is 25.8. The van der Waals surface area contributed by atoms with Crippen LogP contribution in [0.25, 0.3) is 0 Å². The summed E-state index contributed by atoms with van der Waals surface area (Å²) in [7, 11) is 4.83. The van der Waals surface area contributed by atoms with E-state index in [1.807, 2.05) is 48.5 Å². The van der Waals surface area contributed by atoms with Crippen molar-refractivity contribution in [3.05, 3.63) is 59.7 Å². The molecule has 2 aromatic rings. The molecule has 0 spiro atoms. The maximum Gasteiger partial charge on any atom is 0.151 e. The van der Waals surface area contributed by atoms with Crippen LogP contribution in [0.3, 0.4) is 0 Å². The van der Waals surface area contributed by atoms with E-state index in [9.17, 15) is 4.79 Å². The van der Waals surface area contributed by atoms with Gasteiger partial charge in [-0.15, -0.1) is 0 Å². The molecule has 0 heterocycles. The maximum absolute atomic E-state index is 11.6. The molecule has 0 bridgehead atoms. The molecular weight excluding hydrogens is 408 g/mol. The minimum atomic E-state index is -0.615. The average Bonchev–Trinajstić information content (AvgIpc) is 2.82. The van der Waals surface area contributed by atoms with Crippen molar-refractivity contribution in [2.75, 3.05) is 27.9 Å². The van der Waals surface area contributed by atoms with E-state index in [1.165, 1.54) is 7.11 Å². The summed E-state index contributed by atoms with van der Waals surface area (Å²) in [6.45, 7) is 5.81. The van der Waals surface area contributed by atoms with Crippen molar-refractivity contribution in [1.82, 2.24) is 0 Å². The van der Waals surface area contributed by atoms with Crippen LogP contribution in [0.5, 0.6) is 11.5 Å². The summed E-state index contributed by atoms with van der Waals surface area (Å²) >= 11 is 0. The molecule has 0 unspecified atom stereocenters. The Morgan fingerprint density at radius 3 is 1.81 bits per heavy atom. The Balaban J connectivity index is 1.86. The number of carbonyl (C=O) groups is 1. The highest BCUT2D eigenvalue weighted by atomic mass is 16.5. The van der Waals surface area contributed by atoms with Gasteiger partial charge in [0.25, 0.3) is 0 Å². The van der Waals surface area contributed by atoms with Crippen LogP contribution in [-0.4, -0.2) is 46.4 Å². The van der Waals surface area contributed by atoms with Gasteiger partial charge in [-0.05, 0) is 53.6 Å². The van der Waals surface area contributed by atoms with Crippen molar-refractivity contribution >= 4 is 6.29 Å². The van der Waals surface area contributed by atoms with E-state index >= 15 is 0 Å². The van der Waals surface area contributed by atoms with Gasteiger partial charge in [0.2, 0.25) is 0 Å². The van der Waals surface area contributed by atoms with E-state index in [1.54, 1.807) is 14.2 Å². The molecular formula is C26H36O6. The maximum atomic E-state index is 11.6. The molecule has 0 aliphatic rings. The van der Waals surface area contributed by atoms with Gasteiger partial charge in [-0.25, -0.2) is 0 Å². The van der Waals surface area contributed by atoms with Crippen LogP contribution in [0.1, 0.15) is 31.4 Å². The zero-order valence-corrected chi connectivity index (χ0v) is 19.8. The Hall–Kier alpha value is -2.41. The fourth-order valence-electron chi connectivity index (χ4n) is 3.70. The molecule has 2 aromatic carbocycles. The van der Waals surface area contributed by atoms with Crippen LogP contribution < -0.4 is 9.47 Å². The van der Waals surface area contributed by atoms with Crippen LogP contribution in [-0.2, 0) is 32.2 Å². The Kier molecular flexibility index (Phi) is 11.2. The molecule has 2 rings (SSSR count). The highest BCUT2D eigenvalue weighted by Gasteiger charge is 2.29. The minimum Gasteiger partial charge on any atom is -0.497 e. The Morgan fingerprint density at radius 1 is 0.812 bits per heavy atom. The van der Waals surface area contributed by atoms with Crippen molar-refractivity contribution in [1.29, 1.82) is 0 Å². The Morgan fingerprint density at radius 2 is 1.34 bits per heavy atom. The van der Waals surface area contributed by atoms with Gasteiger partial charge in [-0.2, -0.15) is 0 Å². The first-order chi connectivity index (χ1) is 15.5.